The van der Waals surface area contributed by atoms with Gasteiger partial charge in [0.15, 0.2) is 0 Å². The van der Waals surface area contributed by atoms with Crippen LogP contribution in [-0.2, 0) is 0 Å². The van der Waals surface area contributed by atoms with E-state index in [-0.39, 0.29) is 0 Å². The van der Waals surface area contributed by atoms with Crippen LogP contribution in [0, 0.1) is 0 Å². The molecule has 0 atom stereocenters. The number of rotatable bonds is 6. The van der Waals surface area contributed by atoms with Gasteiger partial charge in [-0.25, -0.2) is 0 Å². The molecule has 0 nitrogen and oxygen atoms in total. The van der Waals surface area contributed by atoms with Crippen molar-refractivity contribution in [1.82, 2.24) is 0 Å². The van der Waals surface area contributed by atoms with Crippen molar-refractivity contribution in [2.75, 3.05) is 0 Å². The van der Waals surface area contributed by atoms with Gasteiger partial charge >= 0.3 is 77.5 Å². The molecule has 0 bridgehead atoms. The fourth-order valence-corrected chi connectivity index (χ4v) is 9.92. The summed E-state index contributed by atoms with van der Waals surface area (Å²) in [4.78, 5) is 0. The van der Waals surface area contributed by atoms with Gasteiger partial charge in [-0.15, -0.1) is 0 Å². The number of hydrogen-bond acceptors (Lipinski definition) is 0. The fourth-order valence-electron chi connectivity index (χ4n) is 0.873. The zero-order valence-corrected chi connectivity index (χ0v) is 11.7. The normalized spacial score (nSPS) is 9.80. The molecule has 0 aromatic heterocycles. The van der Waals surface area contributed by atoms with E-state index in [1.807, 2.05) is 0 Å². The van der Waals surface area contributed by atoms with E-state index in [1.165, 1.54) is 25.7 Å². The zero-order valence-electron chi connectivity index (χ0n) is 7.15. The van der Waals surface area contributed by atoms with E-state index in [1.54, 1.807) is 8.87 Å². The van der Waals surface area contributed by atoms with Gasteiger partial charge in [0, 0.05) is 0 Å². The Hall–Kier alpha value is 1.32. The third kappa shape index (κ3) is 7.43. The Bertz CT molecular complexity index is 81.3. The van der Waals surface area contributed by atoms with Gasteiger partial charge < -0.3 is 0 Å². The molecule has 2 heteroatoms. The predicted molar refractivity (Wildman–Crippen MR) is 50.9 cm³/mol. The van der Waals surface area contributed by atoms with Gasteiger partial charge in [0.25, 0.3) is 0 Å². The molecule has 0 unspecified atom stereocenters. The molecule has 0 heterocycles. The predicted octanol–water partition coefficient (Wildman–Crippen LogP) is 2.75. The maximum absolute atomic E-state index is 3.44. The summed E-state index contributed by atoms with van der Waals surface area (Å²) in [6.45, 7) is 4.58. The molecular weight excluding hydrogens is 294 g/mol. The summed E-state index contributed by atoms with van der Waals surface area (Å²) in [5.41, 5.74) is 0. The molecule has 0 aliphatic carbocycles. The van der Waals surface area contributed by atoms with Crippen LogP contribution in [0.15, 0.2) is 0 Å². The van der Waals surface area contributed by atoms with Crippen LogP contribution in [0.2, 0.25) is 8.87 Å². The molecule has 0 N–H and O–H groups in total. The second kappa shape index (κ2) is 8.42. The van der Waals surface area contributed by atoms with Crippen LogP contribution in [0.25, 0.3) is 0 Å². The summed E-state index contributed by atoms with van der Waals surface area (Å²) in [6.07, 6.45) is 5.73. The molecule has 0 aliphatic rings. The van der Waals surface area contributed by atoms with Gasteiger partial charge in [0.2, 0.25) is 0 Å². The SMILES string of the molecule is CCC[CH2][Sn](=[Se])[CH2]CCC. The quantitative estimate of drug-likeness (QED) is 0.662. The minimum absolute atomic E-state index is 0.866. The van der Waals surface area contributed by atoms with Gasteiger partial charge in [0.1, 0.15) is 0 Å². The first kappa shape index (κ1) is 11.3. The first-order chi connectivity index (χ1) is 4.81. The molecule has 0 fully saturated rings. The Morgan fingerprint density at radius 3 is 1.70 bits per heavy atom. The average molecular weight is 312 g/mol. The third-order valence-corrected chi connectivity index (χ3v) is 12.6. The zero-order chi connectivity index (χ0) is 7.82. The first-order valence-electron chi connectivity index (χ1n) is 4.33. The van der Waals surface area contributed by atoms with E-state index in [2.05, 4.69) is 26.1 Å². The molecule has 0 aliphatic heterocycles. The standard InChI is InChI=1S/2C4H9.Se.Sn/c2*1-3-4-2;;/h2*1,3-4H2,2H3;;. The van der Waals surface area contributed by atoms with E-state index in [0.29, 0.717) is 0 Å². The molecule has 0 amide bonds. The molecule has 0 aromatic rings. The van der Waals surface area contributed by atoms with Gasteiger partial charge in [-0.2, -0.15) is 0 Å². The summed E-state index contributed by atoms with van der Waals surface area (Å²) in [7, 11) is 0. The Kier molecular flexibility index (Phi) is 9.52. The Morgan fingerprint density at radius 1 is 1.00 bits per heavy atom. The van der Waals surface area contributed by atoms with Crippen molar-refractivity contribution in [2.45, 2.75) is 48.4 Å². The van der Waals surface area contributed by atoms with Gasteiger partial charge in [0.05, 0.1) is 0 Å². The van der Waals surface area contributed by atoms with Crippen molar-refractivity contribution in [3.05, 3.63) is 0 Å². The topological polar surface area (TPSA) is 0 Å². The fraction of sp³-hybridized carbons (Fsp3) is 1.00. The van der Waals surface area contributed by atoms with Crippen molar-refractivity contribution in [3.63, 3.8) is 0 Å². The van der Waals surface area contributed by atoms with Crippen molar-refractivity contribution in [3.8, 4) is 0 Å². The van der Waals surface area contributed by atoms with Crippen molar-refractivity contribution < 1.29 is 0 Å². The molecule has 10 heavy (non-hydrogen) atoms. The van der Waals surface area contributed by atoms with Crippen molar-refractivity contribution in [1.29, 1.82) is 0 Å². The van der Waals surface area contributed by atoms with E-state index in [0.717, 1.165) is 0 Å². The molecular formula is C8H18SeSn. The van der Waals surface area contributed by atoms with Crippen LogP contribution < -0.4 is 0 Å². The van der Waals surface area contributed by atoms with Crippen LogP contribution in [0.5, 0.6) is 0 Å². The Morgan fingerprint density at radius 2 is 1.40 bits per heavy atom. The number of unbranched alkanes of at least 4 members (excludes halogenated alkanes) is 2. The van der Waals surface area contributed by atoms with E-state index in [9.17, 15) is 0 Å². The Balaban J connectivity index is 3.09. The minimum atomic E-state index is -0.866. The summed E-state index contributed by atoms with van der Waals surface area (Å²) >= 11 is 2.58. The van der Waals surface area contributed by atoms with E-state index >= 15 is 0 Å². The average Bonchev–Trinajstić information content (AvgIpc) is 1.97. The second-order valence-electron chi connectivity index (χ2n) is 2.75. The van der Waals surface area contributed by atoms with Crippen LogP contribution in [0.3, 0.4) is 0 Å². The first-order valence-corrected chi connectivity index (χ1v) is 15.3. The summed E-state index contributed by atoms with van der Waals surface area (Å²) in [5.74, 6) is 0. The Labute approximate surface area is 77.2 Å². The monoisotopic (exact) mass is 314 g/mol. The molecule has 0 spiro atoms. The van der Waals surface area contributed by atoms with Gasteiger partial charge in [-0.05, 0) is 0 Å². The van der Waals surface area contributed by atoms with Crippen LogP contribution >= 0.6 is 0 Å². The van der Waals surface area contributed by atoms with Crippen LogP contribution in [0.1, 0.15) is 39.5 Å². The van der Waals surface area contributed by atoms with Crippen LogP contribution in [-0.4, -0.2) is 29.1 Å². The summed E-state index contributed by atoms with van der Waals surface area (Å²) in [6, 6.07) is 0. The van der Waals surface area contributed by atoms with Gasteiger partial charge in [-0.1, -0.05) is 0 Å². The molecule has 60 valence electrons. The summed E-state index contributed by atoms with van der Waals surface area (Å²) in [5, 5.41) is 0. The van der Waals surface area contributed by atoms with Crippen molar-refractivity contribution in [2.24, 2.45) is 0 Å². The van der Waals surface area contributed by atoms with E-state index in [4.69, 9.17) is 0 Å². The molecule has 0 saturated carbocycles. The molecule has 0 rings (SSSR count). The maximum atomic E-state index is 3.44. The number of hydrogen-bond donors (Lipinski definition) is 0. The molecule has 0 saturated heterocycles. The third-order valence-electron chi connectivity index (χ3n) is 1.62. The molecule has 0 aromatic carbocycles. The van der Waals surface area contributed by atoms with Crippen molar-refractivity contribution >= 4 is 29.1 Å². The second-order valence-corrected chi connectivity index (χ2v) is 16.8. The van der Waals surface area contributed by atoms with Gasteiger partial charge in [-0.3, -0.25) is 0 Å². The van der Waals surface area contributed by atoms with Crippen LogP contribution in [0.4, 0.5) is 0 Å². The molecule has 0 radical (unpaired) electrons. The van der Waals surface area contributed by atoms with E-state index < -0.39 is 16.9 Å². The summed E-state index contributed by atoms with van der Waals surface area (Å²) < 4.78 is 3.16.